The van der Waals surface area contributed by atoms with Crippen LogP contribution in [0.4, 0.5) is 4.39 Å². The SMILES string of the molecule is CCOc1ccnc2[nH]c(=O)n(-c3cc4c5c(cnc4cc3F)OCCO5)c12. The highest BCUT2D eigenvalue weighted by atomic mass is 19.1. The molecule has 0 saturated heterocycles. The van der Waals surface area contributed by atoms with Gasteiger partial charge < -0.3 is 14.2 Å². The number of rotatable bonds is 3. The van der Waals surface area contributed by atoms with Crippen LogP contribution in [-0.2, 0) is 0 Å². The van der Waals surface area contributed by atoms with Crippen LogP contribution in [0.15, 0.2) is 35.4 Å². The Balaban J connectivity index is 1.83. The first-order chi connectivity index (χ1) is 13.7. The molecule has 0 bridgehead atoms. The monoisotopic (exact) mass is 382 g/mol. The first-order valence-corrected chi connectivity index (χ1v) is 8.78. The van der Waals surface area contributed by atoms with E-state index >= 15 is 0 Å². The third-order valence-electron chi connectivity index (χ3n) is 4.52. The maximum atomic E-state index is 15.0. The molecule has 4 heterocycles. The zero-order valence-corrected chi connectivity index (χ0v) is 14.9. The second kappa shape index (κ2) is 6.22. The summed E-state index contributed by atoms with van der Waals surface area (Å²) in [4.78, 5) is 23.7. The third kappa shape index (κ3) is 2.39. The van der Waals surface area contributed by atoms with Crippen LogP contribution < -0.4 is 19.9 Å². The lowest BCUT2D eigenvalue weighted by Crippen LogP contribution is -2.17. The number of H-pyrrole nitrogens is 1. The maximum Gasteiger partial charge on any atom is 0.332 e. The largest absolute Gasteiger partial charge is 0.491 e. The summed E-state index contributed by atoms with van der Waals surface area (Å²) in [5, 5.41) is 0.553. The maximum absolute atomic E-state index is 15.0. The van der Waals surface area contributed by atoms with Gasteiger partial charge in [0.05, 0.1) is 24.0 Å². The van der Waals surface area contributed by atoms with Gasteiger partial charge in [0.2, 0.25) is 0 Å². The number of pyridine rings is 2. The Labute approximate surface area is 157 Å². The molecule has 0 spiro atoms. The summed E-state index contributed by atoms with van der Waals surface area (Å²) in [7, 11) is 0. The number of nitrogens with one attached hydrogen (secondary N) is 1. The third-order valence-corrected chi connectivity index (χ3v) is 4.52. The molecular weight excluding hydrogens is 367 g/mol. The summed E-state index contributed by atoms with van der Waals surface area (Å²) in [5.74, 6) is 0.789. The van der Waals surface area contributed by atoms with E-state index in [-0.39, 0.29) is 5.69 Å². The second-order valence-corrected chi connectivity index (χ2v) is 6.17. The number of fused-ring (bicyclic) bond motifs is 4. The molecule has 0 radical (unpaired) electrons. The van der Waals surface area contributed by atoms with E-state index in [0.717, 1.165) is 0 Å². The Morgan fingerprint density at radius 1 is 1.29 bits per heavy atom. The van der Waals surface area contributed by atoms with E-state index < -0.39 is 11.5 Å². The Bertz CT molecular complexity index is 1280. The van der Waals surface area contributed by atoms with Crippen molar-refractivity contribution in [2.24, 2.45) is 0 Å². The van der Waals surface area contributed by atoms with Crippen molar-refractivity contribution >= 4 is 22.1 Å². The van der Waals surface area contributed by atoms with Gasteiger partial charge in [-0.2, -0.15) is 0 Å². The van der Waals surface area contributed by atoms with Crippen LogP contribution in [0.5, 0.6) is 17.2 Å². The molecule has 1 N–H and O–H groups in total. The van der Waals surface area contributed by atoms with Gasteiger partial charge in [0, 0.05) is 23.7 Å². The van der Waals surface area contributed by atoms with E-state index in [1.54, 1.807) is 6.07 Å². The quantitative estimate of drug-likeness (QED) is 0.586. The van der Waals surface area contributed by atoms with Crippen molar-refractivity contribution in [2.45, 2.75) is 6.92 Å². The average Bonchev–Trinajstić information content (AvgIpc) is 3.04. The molecule has 1 aromatic carbocycles. The van der Waals surface area contributed by atoms with Crippen LogP contribution in [0.2, 0.25) is 0 Å². The average molecular weight is 382 g/mol. The molecule has 8 nitrogen and oxygen atoms in total. The van der Waals surface area contributed by atoms with Crippen molar-refractivity contribution in [2.75, 3.05) is 19.8 Å². The van der Waals surface area contributed by atoms with Crippen LogP contribution in [0.3, 0.4) is 0 Å². The van der Waals surface area contributed by atoms with Gasteiger partial charge in [-0.1, -0.05) is 0 Å². The lowest BCUT2D eigenvalue weighted by molar-refractivity contribution is 0.173. The number of nitrogens with zero attached hydrogens (tertiary/aromatic N) is 3. The van der Waals surface area contributed by atoms with E-state index in [1.165, 1.54) is 29.1 Å². The predicted molar refractivity (Wildman–Crippen MR) is 99.1 cm³/mol. The molecule has 28 heavy (non-hydrogen) atoms. The Morgan fingerprint density at radius 2 is 2.14 bits per heavy atom. The number of hydrogen-bond acceptors (Lipinski definition) is 6. The lowest BCUT2D eigenvalue weighted by Gasteiger charge is -2.20. The Hall–Kier alpha value is -3.62. The Kier molecular flexibility index (Phi) is 3.68. The highest BCUT2D eigenvalue weighted by Crippen LogP contribution is 2.38. The minimum atomic E-state index is -0.606. The number of hydrogen-bond donors (Lipinski definition) is 1. The molecule has 0 unspecified atom stereocenters. The smallest absolute Gasteiger partial charge is 0.332 e. The molecule has 1 aliphatic rings. The topological polar surface area (TPSA) is 91.3 Å². The van der Waals surface area contributed by atoms with Gasteiger partial charge >= 0.3 is 5.69 Å². The number of ether oxygens (including phenoxy) is 3. The molecule has 1 aliphatic heterocycles. The minimum absolute atomic E-state index is 0.0436. The van der Waals surface area contributed by atoms with E-state index in [1.807, 2.05) is 6.92 Å². The first kappa shape index (κ1) is 16.5. The van der Waals surface area contributed by atoms with E-state index in [9.17, 15) is 9.18 Å². The molecule has 0 fully saturated rings. The molecule has 0 saturated carbocycles. The molecule has 0 aliphatic carbocycles. The van der Waals surface area contributed by atoms with Crippen LogP contribution >= 0.6 is 0 Å². The highest BCUT2D eigenvalue weighted by molar-refractivity contribution is 5.90. The molecular formula is C19H15FN4O4. The van der Waals surface area contributed by atoms with Gasteiger partial charge in [-0.3, -0.25) is 14.5 Å². The molecule has 3 aromatic heterocycles. The number of aromatic amines is 1. The van der Waals surface area contributed by atoms with Crippen LogP contribution in [0.25, 0.3) is 27.8 Å². The fourth-order valence-electron chi connectivity index (χ4n) is 3.38. The first-order valence-electron chi connectivity index (χ1n) is 8.78. The molecule has 9 heteroatoms. The van der Waals surface area contributed by atoms with Crippen molar-refractivity contribution in [3.63, 3.8) is 0 Å². The summed E-state index contributed by atoms with van der Waals surface area (Å²) < 4.78 is 33.1. The van der Waals surface area contributed by atoms with Crippen LogP contribution in [-0.4, -0.2) is 39.3 Å². The summed E-state index contributed by atoms with van der Waals surface area (Å²) in [6, 6.07) is 4.43. The van der Waals surface area contributed by atoms with Crippen molar-refractivity contribution in [1.29, 1.82) is 0 Å². The van der Waals surface area contributed by atoms with Crippen molar-refractivity contribution in [3.05, 3.63) is 46.9 Å². The van der Waals surface area contributed by atoms with Crippen LogP contribution in [0, 0.1) is 5.82 Å². The molecule has 4 aromatic rings. The fraction of sp³-hybridized carbons (Fsp3) is 0.211. The second-order valence-electron chi connectivity index (χ2n) is 6.17. The van der Waals surface area contributed by atoms with Gasteiger partial charge in [-0.15, -0.1) is 0 Å². The molecule has 5 rings (SSSR count). The minimum Gasteiger partial charge on any atom is -0.491 e. The zero-order chi connectivity index (χ0) is 19.3. The van der Waals surface area contributed by atoms with Gasteiger partial charge in [0.25, 0.3) is 0 Å². The van der Waals surface area contributed by atoms with Crippen molar-refractivity contribution in [3.8, 4) is 22.9 Å². The summed E-state index contributed by atoms with van der Waals surface area (Å²) >= 11 is 0. The molecule has 0 amide bonds. The zero-order valence-electron chi connectivity index (χ0n) is 14.9. The van der Waals surface area contributed by atoms with Gasteiger partial charge in [0.15, 0.2) is 17.1 Å². The van der Waals surface area contributed by atoms with E-state index in [0.29, 0.717) is 59.1 Å². The Morgan fingerprint density at radius 3 is 3.00 bits per heavy atom. The fourth-order valence-corrected chi connectivity index (χ4v) is 3.38. The number of halogens is 1. The lowest BCUT2D eigenvalue weighted by atomic mass is 10.1. The summed E-state index contributed by atoms with van der Waals surface area (Å²) in [6.07, 6.45) is 3.03. The van der Waals surface area contributed by atoms with Gasteiger partial charge in [-0.05, 0) is 13.0 Å². The number of imidazole rings is 1. The van der Waals surface area contributed by atoms with E-state index in [2.05, 4.69) is 15.0 Å². The van der Waals surface area contributed by atoms with Crippen LogP contribution in [0.1, 0.15) is 6.92 Å². The molecule has 0 atom stereocenters. The number of benzene rings is 1. The predicted octanol–water partition coefficient (Wildman–Crippen LogP) is 2.57. The molecule has 142 valence electrons. The number of aromatic nitrogens is 4. The highest BCUT2D eigenvalue weighted by Gasteiger charge is 2.22. The standard InChI is InChI=1S/C19H15FN4O4/c1-2-26-14-3-4-21-18-16(14)24(19(25)23-18)13-7-10-12(8-11(13)20)22-9-15-17(10)28-6-5-27-15/h3-4,7-9H,2,5-6H2,1H3,(H,21,23,25). The van der Waals surface area contributed by atoms with Gasteiger partial charge in [-0.25, -0.2) is 14.2 Å². The van der Waals surface area contributed by atoms with E-state index in [4.69, 9.17) is 14.2 Å². The summed E-state index contributed by atoms with van der Waals surface area (Å²) in [5.41, 5.74) is 0.595. The summed E-state index contributed by atoms with van der Waals surface area (Å²) in [6.45, 7) is 3.01. The normalized spacial score (nSPS) is 13.2. The van der Waals surface area contributed by atoms with Crippen molar-refractivity contribution in [1.82, 2.24) is 19.5 Å². The van der Waals surface area contributed by atoms with Gasteiger partial charge in [0.1, 0.15) is 30.3 Å². The van der Waals surface area contributed by atoms with Crippen molar-refractivity contribution < 1.29 is 18.6 Å².